The smallest absolute Gasteiger partial charge is 0.00749 e. The lowest BCUT2D eigenvalue weighted by atomic mass is 9.91. The summed E-state index contributed by atoms with van der Waals surface area (Å²) in [5, 5.41) is 0. The maximum absolute atomic E-state index is 2.39. The molecule has 19 heavy (non-hydrogen) atoms. The number of rotatable bonds is 0. The van der Waals surface area contributed by atoms with Crippen LogP contribution in [0.2, 0.25) is 0 Å². The molecule has 1 unspecified atom stereocenters. The quantitative estimate of drug-likeness (QED) is 0.627. The van der Waals surface area contributed by atoms with Crippen LogP contribution >= 0.6 is 11.8 Å². The number of hydrogen-bond acceptors (Lipinski definition) is 1. The van der Waals surface area contributed by atoms with E-state index in [-0.39, 0.29) is 0 Å². The van der Waals surface area contributed by atoms with Crippen molar-refractivity contribution >= 4 is 11.8 Å². The van der Waals surface area contributed by atoms with E-state index in [0.717, 1.165) is 0 Å². The van der Waals surface area contributed by atoms with Crippen LogP contribution < -0.4 is 0 Å². The third-order valence-corrected chi connectivity index (χ3v) is 5.02. The minimum absolute atomic E-state index is 0.486. The largest absolute Gasteiger partial charge is 0.126 e. The van der Waals surface area contributed by atoms with Gasteiger partial charge in [-0.3, -0.25) is 0 Å². The minimum Gasteiger partial charge on any atom is -0.126 e. The van der Waals surface area contributed by atoms with Crippen molar-refractivity contribution in [2.24, 2.45) is 0 Å². The molecule has 0 saturated heterocycles. The van der Waals surface area contributed by atoms with E-state index < -0.39 is 0 Å². The van der Waals surface area contributed by atoms with Crippen molar-refractivity contribution in [1.29, 1.82) is 0 Å². The zero-order valence-electron chi connectivity index (χ0n) is 11.4. The summed E-state index contributed by atoms with van der Waals surface area (Å²) in [5.41, 5.74) is 4.37. The Morgan fingerprint density at radius 3 is 2.63 bits per heavy atom. The maximum Gasteiger partial charge on any atom is 0.00749 e. The molecule has 98 valence electrons. The van der Waals surface area contributed by atoms with Crippen molar-refractivity contribution in [2.45, 2.75) is 37.0 Å². The Morgan fingerprint density at radius 2 is 1.74 bits per heavy atom. The van der Waals surface area contributed by atoms with Crippen LogP contribution in [0.25, 0.3) is 0 Å². The third kappa shape index (κ3) is 3.03. The van der Waals surface area contributed by atoms with Gasteiger partial charge in [0.2, 0.25) is 0 Å². The SMILES string of the molecule is CC1c2cccc(c2)CCCCSc2cccc1c2. The van der Waals surface area contributed by atoms with Gasteiger partial charge in [-0.15, -0.1) is 11.8 Å². The summed E-state index contributed by atoms with van der Waals surface area (Å²) in [5.74, 6) is 1.72. The Labute approximate surface area is 120 Å². The van der Waals surface area contributed by atoms with Crippen molar-refractivity contribution in [3.05, 3.63) is 65.2 Å². The number of fused-ring (bicyclic) bond motifs is 4. The number of benzene rings is 2. The van der Waals surface area contributed by atoms with Crippen LogP contribution in [0.3, 0.4) is 0 Å². The van der Waals surface area contributed by atoms with Crippen LogP contribution in [0, 0.1) is 0 Å². The summed E-state index contributed by atoms with van der Waals surface area (Å²) >= 11 is 2.00. The highest BCUT2D eigenvalue weighted by atomic mass is 32.2. The molecule has 0 radical (unpaired) electrons. The molecular weight excluding hydrogens is 248 g/mol. The summed E-state index contributed by atoms with van der Waals surface area (Å²) in [6.45, 7) is 2.31. The third-order valence-electron chi connectivity index (χ3n) is 3.94. The molecule has 1 aliphatic heterocycles. The fourth-order valence-electron chi connectivity index (χ4n) is 2.71. The highest BCUT2D eigenvalue weighted by molar-refractivity contribution is 7.99. The second-order valence-electron chi connectivity index (χ2n) is 5.34. The van der Waals surface area contributed by atoms with Crippen LogP contribution in [-0.2, 0) is 6.42 Å². The van der Waals surface area contributed by atoms with Gasteiger partial charge in [-0.25, -0.2) is 0 Å². The van der Waals surface area contributed by atoms with Crippen LogP contribution in [0.15, 0.2) is 53.4 Å². The van der Waals surface area contributed by atoms with Crippen molar-refractivity contribution in [3.63, 3.8) is 0 Å². The summed E-state index contributed by atoms with van der Waals surface area (Å²) in [6, 6.07) is 18.2. The summed E-state index contributed by atoms with van der Waals surface area (Å²) in [4.78, 5) is 1.42. The van der Waals surface area contributed by atoms with Gasteiger partial charge in [-0.2, -0.15) is 0 Å². The van der Waals surface area contributed by atoms with E-state index in [0.29, 0.717) is 5.92 Å². The summed E-state index contributed by atoms with van der Waals surface area (Å²) in [6.07, 6.45) is 3.81. The molecule has 0 spiro atoms. The molecule has 4 bridgehead atoms. The molecule has 1 atom stereocenters. The van der Waals surface area contributed by atoms with Crippen molar-refractivity contribution in [3.8, 4) is 0 Å². The molecule has 0 saturated carbocycles. The topological polar surface area (TPSA) is 0 Å². The van der Waals surface area contributed by atoms with Gasteiger partial charge in [0.1, 0.15) is 0 Å². The van der Waals surface area contributed by atoms with E-state index in [1.165, 1.54) is 46.6 Å². The van der Waals surface area contributed by atoms with Gasteiger partial charge in [0.25, 0.3) is 0 Å². The van der Waals surface area contributed by atoms with Crippen molar-refractivity contribution in [1.82, 2.24) is 0 Å². The Kier molecular flexibility index (Phi) is 3.93. The van der Waals surface area contributed by atoms with E-state index in [9.17, 15) is 0 Å². The van der Waals surface area contributed by atoms with Crippen LogP contribution in [0.1, 0.15) is 42.4 Å². The number of thioether (sulfide) groups is 1. The van der Waals surface area contributed by atoms with Crippen molar-refractivity contribution < 1.29 is 0 Å². The number of aryl methyl sites for hydroxylation is 1. The summed E-state index contributed by atoms with van der Waals surface area (Å²) in [7, 11) is 0. The van der Waals surface area contributed by atoms with Gasteiger partial charge >= 0.3 is 0 Å². The monoisotopic (exact) mass is 268 g/mol. The standard InChI is InChI=1S/C18H20S/c1-14-16-8-4-7-15(12-16)6-2-3-11-19-18-10-5-9-17(14)13-18/h4-5,7-10,12-14H,2-3,6,11H2,1H3. The second-order valence-corrected chi connectivity index (χ2v) is 6.51. The predicted octanol–water partition coefficient (Wildman–Crippen LogP) is 5.27. The molecule has 0 nitrogen and oxygen atoms in total. The van der Waals surface area contributed by atoms with Crippen LogP contribution in [0.4, 0.5) is 0 Å². The molecule has 3 rings (SSSR count). The summed E-state index contributed by atoms with van der Waals surface area (Å²) < 4.78 is 0. The highest BCUT2D eigenvalue weighted by Crippen LogP contribution is 2.29. The highest BCUT2D eigenvalue weighted by Gasteiger charge is 2.10. The lowest BCUT2D eigenvalue weighted by molar-refractivity contribution is 0.797. The van der Waals surface area contributed by atoms with Gasteiger partial charge in [-0.1, -0.05) is 43.3 Å². The van der Waals surface area contributed by atoms with Gasteiger partial charge in [0.15, 0.2) is 0 Å². The zero-order chi connectivity index (χ0) is 13.1. The molecule has 0 N–H and O–H groups in total. The first-order valence-corrected chi connectivity index (χ1v) is 8.13. The van der Waals surface area contributed by atoms with Gasteiger partial charge in [0, 0.05) is 10.8 Å². The molecule has 0 amide bonds. The average Bonchev–Trinajstić information content (AvgIpc) is 2.46. The van der Waals surface area contributed by atoms with E-state index in [1.54, 1.807) is 0 Å². The second kappa shape index (κ2) is 5.83. The van der Waals surface area contributed by atoms with Gasteiger partial charge < -0.3 is 0 Å². The Balaban J connectivity index is 2.01. The lowest BCUT2D eigenvalue weighted by Crippen LogP contribution is -1.99. The fraction of sp³-hybridized carbons (Fsp3) is 0.333. The van der Waals surface area contributed by atoms with E-state index in [1.807, 2.05) is 11.8 Å². The molecule has 0 fully saturated rings. The Morgan fingerprint density at radius 1 is 0.947 bits per heavy atom. The van der Waals surface area contributed by atoms with E-state index >= 15 is 0 Å². The Bertz CT molecular complexity index is 510. The molecule has 0 aliphatic carbocycles. The predicted molar refractivity (Wildman–Crippen MR) is 84.1 cm³/mol. The lowest BCUT2D eigenvalue weighted by Gasteiger charge is -2.16. The van der Waals surface area contributed by atoms with Gasteiger partial charge in [0.05, 0.1) is 0 Å². The zero-order valence-corrected chi connectivity index (χ0v) is 12.2. The first-order chi connectivity index (χ1) is 9.33. The average molecular weight is 268 g/mol. The van der Waals surface area contributed by atoms with Gasteiger partial charge in [-0.05, 0) is 53.8 Å². The maximum atomic E-state index is 2.39. The number of hydrogen-bond donors (Lipinski definition) is 0. The Hall–Kier alpha value is -1.21. The molecule has 2 aromatic carbocycles. The molecular formula is C18H20S. The molecule has 1 heterocycles. The van der Waals surface area contributed by atoms with Crippen molar-refractivity contribution in [2.75, 3.05) is 5.75 Å². The molecule has 1 aliphatic rings. The molecule has 2 aromatic rings. The fourth-order valence-corrected chi connectivity index (χ4v) is 3.68. The molecule has 0 aromatic heterocycles. The van der Waals surface area contributed by atoms with Crippen LogP contribution in [-0.4, -0.2) is 5.75 Å². The first-order valence-electron chi connectivity index (χ1n) is 7.14. The van der Waals surface area contributed by atoms with E-state index in [4.69, 9.17) is 0 Å². The minimum atomic E-state index is 0.486. The van der Waals surface area contributed by atoms with E-state index in [2.05, 4.69) is 55.5 Å². The normalized spacial score (nSPS) is 19.3. The first kappa shape index (κ1) is 12.8. The molecule has 1 heteroatoms. The van der Waals surface area contributed by atoms with Crippen LogP contribution in [0.5, 0.6) is 0 Å².